The molecule has 470 valence electrons. The van der Waals surface area contributed by atoms with Gasteiger partial charge in [0, 0.05) is 104 Å². The molecule has 2 saturated heterocycles. The van der Waals surface area contributed by atoms with Crippen LogP contribution >= 0.6 is 0 Å². The van der Waals surface area contributed by atoms with E-state index in [1.165, 1.54) is 0 Å². The van der Waals surface area contributed by atoms with E-state index in [0.717, 1.165) is 51.5 Å². The van der Waals surface area contributed by atoms with Gasteiger partial charge >= 0.3 is 0 Å². The van der Waals surface area contributed by atoms with Crippen LogP contribution in [0.15, 0.2) is 0 Å². The van der Waals surface area contributed by atoms with Gasteiger partial charge in [0.1, 0.15) is 24.0 Å². The Balaban J connectivity index is 1.93. The Labute approximate surface area is 480 Å². The van der Waals surface area contributed by atoms with Crippen LogP contribution in [-0.2, 0) is 57.2 Å². The Hall–Kier alpha value is -4.15. The first kappa shape index (κ1) is 73.0. The molecule has 5 unspecified atom stereocenters. The molecule has 2 rings (SSSR count). The zero-order chi connectivity index (χ0) is 59.0. The summed E-state index contributed by atoms with van der Waals surface area (Å²) in [4.78, 5) is 87.8. The number of epoxide rings is 1. The number of carbonyl (C=O) groups excluding carboxylic acids is 7. The molecule has 25 nitrogen and oxygen atoms in total. The fraction of sp³-hybridized carbons (Fsp3) is 0.875. The zero-order valence-electron chi connectivity index (χ0n) is 48.4. The molecule has 2 fully saturated rings. The van der Waals surface area contributed by atoms with Gasteiger partial charge in [-0.2, -0.15) is 0 Å². The molecule has 2 aliphatic rings. The van der Waals surface area contributed by atoms with Gasteiger partial charge in [0.25, 0.3) is 0 Å². The smallest absolute Gasteiger partial charge is 0.222 e. The van der Waals surface area contributed by atoms with E-state index >= 15 is 0 Å². The maximum Gasteiger partial charge on any atom is 0.222 e. The SMILES string of the molecule is O=C(CCCCO)NCCCNC(=O)CCOCC(COCCC(=O)NCCCNC(=O)CCCCO)(COCCC(=O)NCCCNC(=O)CCCCO)NC(=O)CCCCCCCCCCNC1OC1C1CCC(O)C(CO)O1. The normalized spacial score (nSPS) is 17.7. The summed E-state index contributed by atoms with van der Waals surface area (Å²) in [6, 6.07) is 0. The second kappa shape index (κ2) is 48.2. The summed E-state index contributed by atoms with van der Waals surface area (Å²) in [7, 11) is 0. The Bertz CT molecular complexity index is 1580. The third kappa shape index (κ3) is 39.1. The summed E-state index contributed by atoms with van der Waals surface area (Å²) in [5.41, 5.74) is -1.28. The predicted molar refractivity (Wildman–Crippen MR) is 301 cm³/mol. The minimum atomic E-state index is -1.28. The third-order valence-electron chi connectivity index (χ3n) is 13.7. The molecule has 0 spiro atoms. The highest BCUT2D eigenvalue weighted by atomic mass is 16.6. The number of rotatable bonds is 54. The van der Waals surface area contributed by atoms with Gasteiger partial charge in [0.15, 0.2) is 0 Å². The lowest BCUT2D eigenvalue weighted by Gasteiger charge is -2.34. The van der Waals surface area contributed by atoms with Gasteiger partial charge < -0.3 is 86.4 Å². The summed E-state index contributed by atoms with van der Waals surface area (Å²) in [5, 5.41) is 69.6. The molecule has 5 atom stereocenters. The first-order valence-electron chi connectivity index (χ1n) is 30.2. The van der Waals surface area contributed by atoms with Crippen molar-refractivity contribution in [3.05, 3.63) is 0 Å². The minimum Gasteiger partial charge on any atom is -0.396 e. The largest absolute Gasteiger partial charge is 0.396 e. The van der Waals surface area contributed by atoms with E-state index in [0.29, 0.717) is 136 Å². The molecule has 2 heterocycles. The van der Waals surface area contributed by atoms with Gasteiger partial charge in [0.2, 0.25) is 41.4 Å². The summed E-state index contributed by atoms with van der Waals surface area (Å²) >= 11 is 0. The molecule has 0 aliphatic carbocycles. The number of aliphatic hydroxyl groups is 5. The average molecular weight is 1160 g/mol. The van der Waals surface area contributed by atoms with Gasteiger partial charge in [0.05, 0.1) is 58.5 Å². The van der Waals surface area contributed by atoms with Gasteiger partial charge in [-0.3, -0.25) is 38.9 Å². The number of hydrogen-bond acceptors (Lipinski definition) is 18. The summed E-state index contributed by atoms with van der Waals surface area (Å²) < 4.78 is 29.7. The second-order valence-electron chi connectivity index (χ2n) is 21.0. The highest BCUT2D eigenvalue weighted by Gasteiger charge is 2.48. The Kier molecular flexibility index (Phi) is 43.5. The zero-order valence-corrected chi connectivity index (χ0v) is 48.4. The van der Waals surface area contributed by atoms with Crippen molar-refractivity contribution in [2.75, 3.05) is 112 Å². The van der Waals surface area contributed by atoms with Gasteiger partial charge in [-0.05, 0) is 90.0 Å². The molecule has 0 radical (unpaired) electrons. The van der Waals surface area contributed by atoms with Crippen LogP contribution < -0.4 is 42.5 Å². The van der Waals surface area contributed by atoms with E-state index in [2.05, 4.69) is 42.5 Å². The van der Waals surface area contributed by atoms with Crippen molar-refractivity contribution >= 4 is 41.4 Å². The monoisotopic (exact) mass is 1160 g/mol. The molecule has 0 saturated carbocycles. The number of carbonyl (C=O) groups is 7. The molecule has 2 aliphatic heterocycles. The van der Waals surface area contributed by atoms with Gasteiger partial charge in [-0.25, -0.2) is 0 Å². The topological polar surface area (TPSA) is 366 Å². The van der Waals surface area contributed by atoms with E-state index in [4.69, 9.17) is 39.0 Å². The highest BCUT2D eigenvalue weighted by Crippen LogP contribution is 2.32. The van der Waals surface area contributed by atoms with Crippen molar-refractivity contribution in [1.29, 1.82) is 0 Å². The van der Waals surface area contributed by atoms with Crippen molar-refractivity contribution in [3.63, 3.8) is 0 Å². The Morgan fingerprint density at radius 1 is 0.407 bits per heavy atom. The maximum absolute atomic E-state index is 13.7. The van der Waals surface area contributed by atoms with Crippen LogP contribution in [0.1, 0.15) is 167 Å². The van der Waals surface area contributed by atoms with E-state index < -0.39 is 17.7 Å². The van der Waals surface area contributed by atoms with Crippen LogP contribution in [0.4, 0.5) is 0 Å². The first-order chi connectivity index (χ1) is 39.3. The van der Waals surface area contributed by atoms with Gasteiger partial charge in [-0.15, -0.1) is 0 Å². The standard InChI is InChI=1S/C56H104N8O17/c65-34-12-8-18-47(70)57-28-15-31-60-50(73)24-37-77-41-56(42-78-38-25-51(74)61-32-16-29-58-48(71)19-9-13-35-66,43-79-39-26-52(75)62-33-17-30-59-49(72)20-10-14-36-67)64-53(76)21-7-5-3-1-2-4-6-11-27-63-55-54(81-55)45-23-22-44(69)46(40-68)80-45/h44-46,54-55,63,65-69H,1-43H2,(H,57,70)(H,58,71)(H,59,72)(H,60,73)(H,61,74)(H,62,75)(H,64,76). The van der Waals surface area contributed by atoms with Crippen molar-refractivity contribution in [2.24, 2.45) is 0 Å². The number of hydrogen-bond donors (Lipinski definition) is 13. The Morgan fingerprint density at radius 3 is 1.16 bits per heavy atom. The lowest BCUT2D eigenvalue weighted by molar-refractivity contribution is -0.139. The van der Waals surface area contributed by atoms with Crippen LogP contribution in [0, 0.1) is 0 Å². The molecule has 0 aromatic heterocycles. The van der Waals surface area contributed by atoms with Crippen molar-refractivity contribution < 1.29 is 82.8 Å². The predicted octanol–water partition coefficient (Wildman–Crippen LogP) is 0.143. The fourth-order valence-corrected chi connectivity index (χ4v) is 8.84. The van der Waals surface area contributed by atoms with Crippen LogP contribution in [0.5, 0.6) is 0 Å². The number of ether oxygens (including phenoxy) is 5. The Morgan fingerprint density at radius 2 is 0.765 bits per heavy atom. The van der Waals surface area contributed by atoms with E-state index in [1.807, 2.05) is 0 Å². The number of nitrogens with one attached hydrogen (secondary N) is 8. The molecular weight excluding hydrogens is 1060 g/mol. The lowest BCUT2D eigenvalue weighted by Crippen LogP contribution is -2.58. The summed E-state index contributed by atoms with van der Waals surface area (Å²) in [6.07, 6.45) is 13.7. The number of amides is 7. The second-order valence-corrected chi connectivity index (χ2v) is 21.0. The van der Waals surface area contributed by atoms with Crippen LogP contribution in [-0.4, -0.2) is 215 Å². The number of unbranched alkanes of at least 4 members (excludes halogenated alkanes) is 10. The maximum atomic E-state index is 13.7. The third-order valence-corrected chi connectivity index (χ3v) is 13.7. The molecule has 13 N–H and O–H groups in total. The average Bonchev–Trinajstić information content (AvgIpc) is 4.32. The number of aliphatic hydroxyl groups excluding tert-OH is 5. The minimum absolute atomic E-state index is 0.00341. The fourth-order valence-electron chi connectivity index (χ4n) is 8.84. The van der Waals surface area contributed by atoms with Crippen LogP contribution in [0.2, 0.25) is 0 Å². The van der Waals surface area contributed by atoms with Crippen LogP contribution in [0.25, 0.3) is 0 Å². The molecule has 7 amide bonds. The molecule has 0 aromatic carbocycles. The molecule has 0 aromatic rings. The molecular formula is C56H104N8O17. The molecule has 81 heavy (non-hydrogen) atoms. The quantitative estimate of drug-likeness (QED) is 0.0285. The van der Waals surface area contributed by atoms with E-state index in [-0.39, 0.29) is 152 Å². The molecule has 0 bridgehead atoms. The van der Waals surface area contributed by atoms with Gasteiger partial charge in [-0.1, -0.05) is 38.5 Å². The van der Waals surface area contributed by atoms with Crippen LogP contribution in [0.3, 0.4) is 0 Å². The van der Waals surface area contributed by atoms with Crippen molar-refractivity contribution in [2.45, 2.75) is 203 Å². The summed E-state index contributed by atoms with van der Waals surface area (Å²) in [6.45, 7) is 2.45. The van der Waals surface area contributed by atoms with E-state index in [9.17, 15) is 43.8 Å². The summed E-state index contributed by atoms with van der Waals surface area (Å²) in [5.74, 6) is -1.43. The van der Waals surface area contributed by atoms with Crippen molar-refractivity contribution in [3.8, 4) is 0 Å². The molecule has 25 heteroatoms. The first-order valence-corrected chi connectivity index (χ1v) is 30.2. The lowest BCUT2D eigenvalue weighted by atomic mass is 9.99. The van der Waals surface area contributed by atoms with Crippen molar-refractivity contribution in [1.82, 2.24) is 42.5 Å². The highest BCUT2D eigenvalue weighted by molar-refractivity contribution is 5.78. The van der Waals surface area contributed by atoms with E-state index in [1.54, 1.807) is 0 Å².